The summed E-state index contributed by atoms with van der Waals surface area (Å²) in [5.41, 5.74) is 0.753. The normalized spacial score (nSPS) is 14.8. The van der Waals surface area contributed by atoms with Crippen molar-refractivity contribution in [3.8, 4) is 0 Å². The summed E-state index contributed by atoms with van der Waals surface area (Å²) in [5, 5.41) is 7.51. The van der Waals surface area contributed by atoms with Crippen LogP contribution in [0.25, 0.3) is 0 Å². The van der Waals surface area contributed by atoms with E-state index < -0.39 is 0 Å². The van der Waals surface area contributed by atoms with Crippen LogP contribution >= 0.6 is 11.8 Å². The lowest BCUT2D eigenvalue weighted by Gasteiger charge is -2.10. The molecule has 19 heavy (non-hydrogen) atoms. The van der Waals surface area contributed by atoms with Crippen molar-refractivity contribution in [2.75, 3.05) is 0 Å². The minimum absolute atomic E-state index is 0.137. The van der Waals surface area contributed by atoms with Crippen molar-refractivity contribution in [2.24, 2.45) is 7.05 Å². The highest BCUT2D eigenvalue weighted by molar-refractivity contribution is 7.99. The molecule has 0 spiro atoms. The second kappa shape index (κ2) is 5.35. The van der Waals surface area contributed by atoms with Crippen LogP contribution in [-0.2, 0) is 13.6 Å². The summed E-state index contributed by atoms with van der Waals surface area (Å²) >= 11 is 1.56. The molecule has 0 atom stereocenters. The second-order valence-electron chi connectivity index (χ2n) is 4.82. The molecule has 0 unspecified atom stereocenters. The quantitative estimate of drug-likeness (QED) is 0.911. The van der Waals surface area contributed by atoms with Gasteiger partial charge in [0, 0.05) is 36.3 Å². The lowest BCUT2D eigenvalue weighted by atomic mass is 10.2. The highest BCUT2D eigenvalue weighted by Gasteiger charge is 2.21. The zero-order valence-electron chi connectivity index (χ0n) is 10.8. The van der Waals surface area contributed by atoms with Gasteiger partial charge in [-0.3, -0.25) is 4.68 Å². The van der Waals surface area contributed by atoms with Crippen molar-refractivity contribution in [3.05, 3.63) is 42.0 Å². The Bertz CT molecular complexity index is 578. The summed E-state index contributed by atoms with van der Waals surface area (Å²) in [6, 6.07) is 5.83. The number of nitrogens with one attached hydrogen (secondary N) is 1. The Kier molecular flexibility index (Phi) is 3.57. The molecule has 3 nitrogen and oxygen atoms in total. The number of benzene rings is 1. The molecule has 0 saturated heterocycles. The van der Waals surface area contributed by atoms with E-state index in [2.05, 4.69) is 10.4 Å². The van der Waals surface area contributed by atoms with Gasteiger partial charge in [0.25, 0.3) is 0 Å². The Balaban J connectivity index is 1.80. The Labute approximate surface area is 116 Å². The van der Waals surface area contributed by atoms with Crippen LogP contribution in [0.1, 0.15) is 18.4 Å². The van der Waals surface area contributed by atoms with Crippen molar-refractivity contribution in [1.29, 1.82) is 0 Å². The van der Waals surface area contributed by atoms with Crippen molar-refractivity contribution < 1.29 is 4.39 Å². The molecule has 0 aliphatic heterocycles. The number of nitrogens with zero attached hydrogens (tertiary/aromatic N) is 2. The van der Waals surface area contributed by atoms with Crippen LogP contribution in [0.5, 0.6) is 0 Å². The molecule has 100 valence electrons. The van der Waals surface area contributed by atoms with Crippen molar-refractivity contribution >= 4 is 11.8 Å². The van der Waals surface area contributed by atoms with E-state index in [4.69, 9.17) is 0 Å². The first kappa shape index (κ1) is 12.7. The van der Waals surface area contributed by atoms with Crippen LogP contribution < -0.4 is 5.32 Å². The van der Waals surface area contributed by atoms with E-state index in [1.165, 1.54) is 18.9 Å². The van der Waals surface area contributed by atoms with Crippen LogP contribution in [0.15, 0.2) is 40.4 Å². The standard InChI is InChI=1S/C14H16FN3S/c1-18-9-11(7-17-18)19-14-4-2-3-13(15)12(14)8-16-10-5-6-10/h2-4,7,9-10,16H,5-6,8H2,1H3. The van der Waals surface area contributed by atoms with Gasteiger partial charge in [-0.15, -0.1) is 0 Å². The maximum Gasteiger partial charge on any atom is 0.128 e. The third-order valence-corrected chi connectivity index (χ3v) is 4.18. The average molecular weight is 277 g/mol. The van der Waals surface area contributed by atoms with Gasteiger partial charge in [0.15, 0.2) is 0 Å². The lowest BCUT2D eigenvalue weighted by molar-refractivity contribution is 0.579. The van der Waals surface area contributed by atoms with Crippen molar-refractivity contribution in [2.45, 2.75) is 35.2 Å². The first-order valence-electron chi connectivity index (χ1n) is 6.39. The van der Waals surface area contributed by atoms with Gasteiger partial charge in [-0.05, 0) is 25.0 Å². The monoisotopic (exact) mass is 277 g/mol. The third kappa shape index (κ3) is 3.16. The van der Waals surface area contributed by atoms with Crippen molar-refractivity contribution in [3.63, 3.8) is 0 Å². The fraction of sp³-hybridized carbons (Fsp3) is 0.357. The maximum atomic E-state index is 14.0. The van der Waals surface area contributed by atoms with Crippen molar-refractivity contribution in [1.82, 2.24) is 15.1 Å². The van der Waals surface area contributed by atoms with E-state index in [1.54, 1.807) is 28.7 Å². The topological polar surface area (TPSA) is 29.9 Å². The van der Waals surface area contributed by atoms with E-state index >= 15 is 0 Å². The predicted molar refractivity (Wildman–Crippen MR) is 73.6 cm³/mol. The predicted octanol–water partition coefficient (Wildman–Crippen LogP) is 2.96. The summed E-state index contributed by atoms with van der Waals surface area (Å²) in [6.07, 6.45) is 6.15. The molecule has 0 amide bonds. The van der Waals surface area contributed by atoms with Gasteiger partial charge in [0.1, 0.15) is 5.82 Å². The fourth-order valence-corrected chi connectivity index (χ4v) is 2.92. The number of halogens is 1. The van der Waals surface area contributed by atoms with Gasteiger partial charge >= 0.3 is 0 Å². The molecule has 2 aromatic rings. The molecule has 1 heterocycles. The van der Waals surface area contributed by atoms with Crippen LogP contribution in [0.2, 0.25) is 0 Å². The summed E-state index contributed by atoms with van der Waals surface area (Å²) in [7, 11) is 1.88. The van der Waals surface area contributed by atoms with Crippen LogP contribution in [0.4, 0.5) is 4.39 Å². The molecule has 1 aliphatic carbocycles. The molecule has 0 bridgehead atoms. The summed E-state index contributed by atoms with van der Waals surface area (Å²) in [5.74, 6) is -0.137. The molecule has 5 heteroatoms. The van der Waals surface area contributed by atoms with E-state index in [0.29, 0.717) is 12.6 Å². The number of hydrogen-bond acceptors (Lipinski definition) is 3. The Morgan fingerprint density at radius 2 is 2.32 bits per heavy atom. The molecule has 1 fully saturated rings. The minimum atomic E-state index is -0.137. The first-order chi connectivity index (χ1) is 9.22. The molecule has 1 aromatic heterocycles. The zero-order chi connectivity index (χ0) is 13.2. The smallest absolute Gasteiger partial charge is 0.128 e. The van der Waals surface area contributed by atoms with Gasteiger partial charge in [-0.25, -0.2) is 4.39 Å². The molecule has 1 N–H and O–H groups in total. The van der Waals surface area contributed by atoms with E-state index in [9.17, 15) is 4.39 Å². The number of hydrogen-bond donors (Lipinski definition) is 1. The van der Waals surface area contributed by atoms with Gasteiger partial charge in [0.05, 0.1) is 11.1 Å². The van der Waals surface area contributed by atoms with E-state index in [-0.39, 0.29) is 5.82 Å². The van der Waals surface area contributed by atoms with Crippen LogP contribution in [0, 0.1) is 5.82 Å². The Morgan fingerprint density at radius 3 is 3.00 bits per heavy atom. The van der Waals surface area contributed by atoms with E-state index in [0.717, 1.165) is 15.4 Å². The Hall–Kier alpha value is -1.33. The summed E-state index contributed by atoms with van der Waals surface area (Å²) in [6.45, 7) is 0.597. The average Bonchev–Trinajstić information content (AvgIpc) is 3.12. The second-order valence-corrected chi connectivity index (χ2v) is 5.94. The molecule has 3 rings (SSSR count). The molecular weight excluding hydrogens is 261 g/mol. The summed E-state index contributed by atoms with van der Waals surface area (Å²) < 4.78 is 15.7. The Morgan fingerprint density at radius 1 is 1.47 bits per heavy atom. The minimum Gasteiger partial charge on any atom is -0.310 e. The molecule has 1 saturated carbocycles. The molecule has 1 aliphatic rings. The highest BCUT2D eigenvalue weighted by Crippen LogP contribution is 2.32. The largest absolute Gasteiger partial charge is 0.310 e. The summed E-state index contributed by atoms with van der Waals surface area (Å²) in [4.78, 5) is 1.99. The maximum absolute atomic E-state index is 14.0. The zero-order valence-corrected chi connectivity index (χ0v) is 11.6. The lowest BCUT2D eigenvalue weighted by Crippen LogP contribution is -2.16. The SMILES string of the molecule is Cn1cc(Sc2cccc(F)c2CNC2CC2)cn1. The third-order valence-electron chi connectivity index (χ3n) is 3.13. The van der Waals surface area contributed by atoms with Gasteiger partial charge in [-0.2, -0.15) is 5.10 Å². The number of aryl methyl sites for hydroxylation is 1. The number of rotatable bonds is 5. The fourth-order valence-electron chi connectivity index (χ4n) is 1.92. The molecule has 1 aromatic carbocycles. The van der Waals surface area contributed by atoms with Crippen LogP contribution in [0.3, 0.4) is 0 Å². The van der Waals surface area contributed by atoms with Gasteiger partial charge < -0.3 is 5.32 Å². The number of aromatic nitrogens is 2. The first-order valence-corrected chi connectivity index (χ1v) is 7.21. The molecule has 0 radical (unpaired) electrons. The van der Waals surface area contributed by atoms with Gasteiger partial charge in [-0.1, -0.05) is 17.8 Å². The van der Waals surface area contributed by atoms with Crippen LogP contribution in [-0.4, -0.2) is 15.8 Å². The highest BCUT2D eigenvalue weighted by atomic mass is 32.2. The van der Waals surface area contributed by atoms with Gasteiger partial charge in [0.2, 0.25) is 0 Å². The van der Waals surface area contributed by atoms with E-state index in [1.807, 2.05) is 19.3 Å². The molecular formula is C14H16FN3S.